The van der Waals surface area contributed by atoms with Gasteiger partial charge in [-0.3, -0.25) is 9.59 Å². The van der Waals surface area contributed by atoms with Gasteiger partial charge in [0.25, 0.3) is 5.91 Å². The van der Waals surface area contributed by atoms with Gasteiger partial charge in [-0.2, -0.15) is 0 Å². The van der Waals surface area contributed by atoms with E-state index in [2.05, 4.69) is 15.6 Å². The second-order valence-corrected chi connectivity index (χ2v) is 8.17. The number of nitrogens with one attached hydrogen (secondary N) is 2. The number of hydrogen-bond donors (Lipinski definition) is 2. The molecule has 1 atom stereocenters. The summed E-state index contributed by atoms with van der Waals surface area (Å²) in [6, 6.07) is 14.0. The molecule has 2 N–H and O–H groups in total. The van der Waals surface area contributed by atoms with Crippen molar-refractivity contribution in [2.24, 2.45) is 5.92 Å². The van der Waals surface area contributed by atoms with Crippen molar-refractivity contribution >= 4 is 33.4 Å². The lowest BCUT2D eigenvalue weighted by Gasteiger charge is -2.20. The lowest BCUT2D eigenvalue weighted by molar-refractivity contribution is -0.124. The number of thiazole rings is 1. The Labute approximate surface area is 177 Å². The maximum atomic E-state index is 12.6. The van der Waals surface area contributed by atoms with Gasteiger partial charge in [0.05, 0.1) is 23.0 Å². The SMILES string of the molecule is CC(C)C(NC(=O)c1ccco1)C(=O)NCc1ccc(-c2nc3ccccc3s2)o1. The highest BCUT2D eigenvalue weighted by molar-refractivity contribution is 7.21. The molecule has 7 nitrogen and oxygen atoms in total. The Bertz CT molecular complexity index is 1130. The summed E-state index contributed by atoms with van der Waals surface area (Å²) in [7, 11) is 0. The Hall–Kier alpha value is -3.39. The van der Waals surface area contributed by atoms with E-state index in [1.54, 1.807) is 23.5 Å². The highest BCUT2D eigenvalue weighted by Gasteiger charge is 2.25. The quantitative estimate of drug-likeness (QED) is 0.464. The number of carbonyl (C=O) groups is 2. The fraction of sp³-hybridized carbons (Fsp3) is 0.227. The van der Waals surface area contributed by atoms with Gasteiger partial charge < -0.3 is 19.5 Å². The van der Waals surface area contributed by atoms with Crippen LogP contribution in [0.3, 0.4) is 0 Å². The van der Waals surface area contributed by atoms with Crippen molar-refractivity contribution in [3.63, 3.8) is 0 Å². The molecule has 30 heavy (non-hydrogen) atoms. The van der Waals surface area contributed by atoms with Crippen LogP contribution in [0.25, 0.3) is 21.0 Å². The zero-order valence-electron chi connectivity index (χ0n) is 16.5. The number of hydrogen-bond acceptors (Lipinski definition) is 6. The zero-order chi connectivity index (χ0) is 21.1. The summed E-state index contributed by atoms with van der Waals surface area (Å²) in [6.45, 7) is 3.94. The number of rotatable bonds is 7. The van der Waals surface area contributed by atoms with Crippen molar-refractivity contribution in [2.45, 2.75) is 26.4 Å². The van der Waals surface area contributed by atoms with E-state index < -0.39 is 11.9 Å². The topological polar surface area (TPSA) is 97.4 Å². The number of para-hydroxylation sites is 1. The molecule has 0 saturated heterocycles. The number of benzene rings is 1. The van der Waals surface area contributed by atoms with E-state index in [1.807, 2.05) is 50.2 Å². The molecular weight excluding hydrogens is 402 g/mol. The van der Waals surface area contributed by atoms with Gasteiger partial charge in [0.15, 0.2) is 16.5 Å². The Balaban J connectivity index is 1.39. The van der Waals surface area contributed by atoms with Crippen LogP contribution in [0.2, 0.25) is 0 Å². The molecule has 0 aliphatic carbocycles. The monoisotopic (exact) mass is 423 g/mol. The summed E-state index contributed by atoms with van der Waals surface area (Å²) in [6.07, 6.45) is 1.42. The first-order chi connectivity index (χ1) is 14.5. The van der Waals surface area contributed by atoms with Crippen molar-refractivity contribution in [1.29, 1.82) is 0 Å². The predicted molar refractivity (Wildman–Crippen MR) is 114 cm³/mol. The average molecular weight is 423 g/mol. The van der Waals surface area contributed by atoms with Crippen LogP contribution in [0.15, 0.2) is 63.6 Å². The molecule has 0 radical (unpaired) electrons. The van der Waals surface area contributed by atoms with E-state index >= 15 is 0 Å². The van der Waals surface area contributed by atoms with Crippen LogP contribution in [-0.4, -0.2) is 22.8 Å². The Morgan fingerprint density at radius 2 is 1.93 bits per heavy atom. The summed E-state index contributed by atoms with van der Waals surface area (Å²) in [5, 5.41) is 6.34. The van der Waals surface area contributed by atoms with Crippen LogP contribution in [0.1, 0.15) is 30.2 Å². The molecule has 154 valence electrons. The smallest absolute Gasteiger partial charge is 0.287 e. The van der Waals surface area contributed by atoms with E-state index in [9.17, 15) is 9.59 Å². The second kappa shape index (κ2) is 8.54. The van der Waals surface area contributed by atoms with Crippen LogP contribution >= 0.6 is 11.3 Å². The standard InChI is InChI=1S/C22H21N3O4S/c1-13(2)19(25-20(26)16-7-5-11-28-16)21(27)23-12-14-9-10-17(29-14)22-24-15-6-3-4-8-18(15)30-22/h3-11,13,19H,12H2,1-2H3,(H,23,27)(H,25,26). The predicted octanol–water partition coefficient (Wildman–Crippen LogP) is 4.22. The van der Waals surface area contributed by atoms with Crippen LogP contribution < -0.4 is 10.6 Å². The summed E-state index contributed by atoms with van der Waals surface area (Å²) in [5.74, 6) is 0.621. The van der Waals surface area contributed by atoms with Crippen LogP contribution in [0.4, 0.5) is 0 Å². The van der Waals surface area contributed by atoms with Gasteiger partial charge in [-0.15, -0.1) is 11.3 Å². The number of aromatic nitrogens is 1. The Morgan fingerprint density at radius 3 is 2.67 bits per heavy atom. The third-order valence-electron chi connectivity index (χ3n) is 4.58. The fourth-order valence-electron chi connectivity index (χ4n) is 3.00. The highest BCUT2D eigenvalue weighted by Crippen LogP contribution is 2.31. The molecule has 4 aromatic rings. The highest BCUT2D eigenvalue weighted by atomic mass is 32.1. The third-order valence-corrected chi connectivity index (χ3v) is 5.63. The van der Waals surface area contributed by atoms with Crippen LogP contribution in [-0.2, 0) is 11.3 Å². The molecule has 0 saturated carbocycles. The number of nitrogens with zero attached hydrogens (tertiary/aromatic N) is 1. The van der Waals surface area contributed by atoms with Crippen molar-refractivity contribution < 1.29 is 18.4 Å². The largest absolute Gasteiger partial charge is 0.459 e. The molecule has 0 bridgehead atoms. The number of carbonyl (C=O) groups excluding carboxylic acids is 2. The Morgan fingerprint density at radius 1 is 1.10 bits per heavy atom. The molecule has 4 rings (SSSR count). The van der Waals surface area contributed by atoms with Gasteiger partial charge in [-0.1, -0.05) is 26.0 Å². The van der Waals surface area contributed by atoms with E-state index in [0.717, 1.165) is 15.2 Å². The first-order valence-corrected chi connectivity index (χ1v) is 10.4. The van der Waals surface area contributed by atoms with Crippen LogP contribution in [0, 0.1) is 5.92 Å². The lowest BCUT2D eigenvalue weighted by atomic mass is 10.0. The van der Waals surface area contributed by atoms with Crippen molar-refractivity contribution in [2.75, 3.05) is 0 Å². The van der Waals surface area contributed by atoms with Gasteiger partial charge in [-0.25, -0.2) is 4.98 Å². The normalized spacial score (nSPS) is 12.2. The van der Waals surface area contributed by atoms with E-state index in [4.69, 9.17) is 8.83 Å². The molecule has 1 unspecified atom stereocenters. The van der Waals surface area contributed by atoms with E-state index in [1.165, 1.54) is 6.26 Å². The van der Waals surface area contributed by atoms with Gasteiger partial charge >= 0.3 is 0 Å². The van der Waals surface area contributed by atoms with E-state index in [0.29, 0.717) is 11.5 Å². The van der Waals surface area contributed by atoms with Crippen molar-refractivity contribution in [1.82, 2.24) is 15.6 Å². The zero-order valence-corrected chi connectivity index (χ0v) is 17.4. The lowest BCUT2D eigenvalue weighted by Crippen LogP contribution is -2.49. The minimum atomic E-state index is -0.693. The van der Waals surface area contributed by atoms with Gasteiger partial charge in [0.2, 0.25) is 5.91 Å². The fourth-order valence-corrected chi connectivity index (χ4v) is 3.93. The van der Waals surface area contributed by atoms with Gasteiger partial charge in [0, 0.05) is 0 Å². The second-order valence-electron chi connectivity index (χ2n) is 7.14. The molecule has 8 heteroatoms. The molecule has 0 aliphatic heterocycles. The first kappa shape index (κ1) is 19.9. The van der Waals surface area contributed by atoms with Gasteiger partial charge in [0.1, 0.15) is 11.8 Å². The third kappa shape index (κ3) is 4.28. The number of furan rings is 2. The summed E-state index contributed by atoms with van der Waals surface area (Å²) < 4.78 is 12.0. The van der Waals surface area contributed by atoms with E-state index in [-0.39, 0.29) is 24.1 Å². The maximum Gasteiger partial charge on any atom is 0.287 e. The molecule has 0 fully saturated rings. The maximum absolute atomic E-state index is 12.6. The number of amides is 2. The van der Waals surface area contributed by atoms with Crippen molar-refractivity contribution in [3.05, 3.63) is 66.3 Å². The van der Waals surface area contributed by atoms with Crippen LogP contribution in [0.5, 0.6) is 0 Å². The first-order valence-electron chi connectivity index (χ1n) is 9.58. The average Bonchev–Trinajstić information content (AvgIpc) is 3.49. The minimum absolute atomic E-state index is 0.0983. The summed E-state index contributed by atoms with van der Waals surface area (Å²) >= 11 is 1.55. The minimum Gasteiger partial charge on any atom is -0.459 e. The number of fused-ring (bicyclic) bond motifs is 1. The Kier molecular flexibility index (Phi) is 5.67. The molecule has 3 aromatic heterocycles. The van der Waals surface area contributed by atoms with Gasteiger partial charge in [-0.05, 0) is 42.3 Å². The summed E-state index contributed by atoms with van der Waals surface area (Å²) in [4.78, 5) is 29.5. The molecular formula is C22H21N3O4S. The van der Waals surface area contributed by atoms with Crippen molar-refractivity contribution in [3.8, 4) is 10.8 Å². The molecule has 0 aliphatic rings. The molecule has 1 aromatic carbocycles. The summed E-state index contributed by atoms with van der Waals surface area (Å²) in [5.41, 5.74) is 0.927. The molecule has 3 heterocycles. The molecule has 0 spiro atoms. The molecule has 2 amide bonds.